The molecule has 0 radical (unpaired) electrons. The molecule has 1 saturated heterocycles. The summed E-state index contributed by atoms with van der Waals surface area (Å²) in [6, 6.07) is 19.3. The quantitative estimate of drug-likeness (QED) is 0.414. The summed E-state index contributed by atoms with van der Waals surface area (Å²) in [6.07, 6.45) is 1.81. The zero-order chi connectivity index (χ0) is 23.4. The second kappa shape index (κ2) is 10.1. The molecule has 1 amide bonds. The van der Waals surface area contributed by atoms with E-state index in [1.807, 2.05) is 49.4 Å². The van der Waals surface area contributed by atoms with E-state index < -0.39 is 0 Å². The Labute approximate surface area is 202 Å². The average Bonchev–Trinajstić information content (AvgIpc) is 3.13. The maximum absolute atomic E-state index is 12.5. The number of ether oxygens (including phenoxy) is 2. The van der Waals surface area contributed by atoms with Crippen molar-refractivity contribution in [3.8, 4) is 11.5 Å². The van der Waals surface area contributed by atoms with E-state index in [0.717, 1.165) is 22.4 Å². The number of hydrogen-bond donors (Lipinski definition) is 1. The van der Waals surface area contributed by atoms with Gasteiger partial charge >= 0.3 is 0 Å². The Morgan fingerprint density at radius 3 is 2.70 bits per heavy atom. The van der Waals surface area contributed by atoms with Crippen LogP contribution in [0, 0.1) is 13.8 Å². The summed E-state index contributed by atoms with van der Waals surface area (Å²) in [5.74, 6) is 1.05. The van der Waals surface area contributed by atoms with Crippen molar-refractivity contribution in [1.29, 1.82) is 0 Å². The summed E-state index contributed by atoms with van der Waals surface area (Å²) < 4.78 is 11.5. The minimum atomic E-state index is -0.197. The predicted octanol–water partition coefficient (Wildman–Crippen LogP) is 6.44. The number of hydrogen-bond acceptors (Lipinski definition) is 5. The number of carbonyl (C=O) groups excluding carboxylic acids is 1. The minimum Gasteiger partial charge on any atom is -0.493 e. The lowest BCUT2D eigenvalue weighted by molar-refractivity contribution is -0.115. The van der Waals surface area contributed by atoms with Gasteiger partial charge in [0.25, 0.3) is 5.91 Å². The number of amidine groups is 1. The molecule has 0 bridgehead atoms. The lowest BCUT2D eigenvalue weighted by Crippen LogP contribution is -2.19. The van der Waals surface area contributed by atoms with Crippen LogP contribution in [-0.4, -0.2) is 18.2 Å². The van der Waals surface area contributed by atoms with Gasteiger partial charge in [-0.2, -0.15) is 0 Å². The molecule has 7 heteroatoms. The number of halogens is 1. The maximum Gasteiger partial charge on any atom is 0.264 e. The van der Waals surface area contributed by atoms with Crippen molar-refractivity contribution in [2.75, 3.05) is 7.11 Å². The van der Waals surface area contributed by atoms with Gasteiger partial charge in [-0.15, -0.1) is 0 Å². The van der Waals surface area contributed by atoms with Crippen molar-refractivity contribution in [2.24, 2.45) is 4.99 Å². The van der Waals surface area contributed by atoms with Crippen LogP contribution in [0.5, 0.6) is 11.5 Å². The van der Waals surface area contributed by atoms with Crippen LogP contribution in [-0.2, 0) is 11.4 Å². The Morgan fingerprint density at radius 1 is 1.06 bits per heavy atom. The average molecular weight is 479 g/mol. The number of thioether (sulfide) groups is 1. The number of nitrogens with zero attached hydrogens (tertiary/aromatic N) is 1. The summed E-state index contributed by atoms with van der Waals surface area (Å²) >= 11 is 7.36. The summed E-state index contributed by atoms with van der Waals surface area (Å²) in [6.45, 7) is 4.44. The molecule has 3 aromatic rings. The number of nitrogens with one attached hydrogen (secondary N) is 1. The highest BCUT2D eigenvalue weighted by Gasteiger charge is 2.24. The van der Waals surface area contributed by atoms with Gasteiger partial charge in [0.2, 0.25) is 0 Å². The van der Waals surface area contributed by atoms with Crippen LogP contribution in [0.3, 0.4) is 0 Å². The molecule has 5 nitrogen and oxygen atoms in total. The van der Waals surface area contributed by atoms with Crippen molar-refractivity contribution >= 4 is 46.2 Å². The number of methoxy groups -OCH3 is 1. The summed E-state index contributed by atoms with van der Waals surface area (Å²) in [5.41, 5.74) is 4.80. The summed E-state index contributed by atoms with van der Waals surface area (Å²) in [7, 11) is 1.60. The van der Waals surface area contributed by atoms with Crippen LogP contribution in [0.4, 0.5) is 5.69 Å². The molecule has 33 heavy (non-hydrogen) atoms. The van der Waals surface area contributed by atoms with E-state index >= 15 is 0 Å². The molecule has 1 aliphatic rings. The highest BCUT2D eigenvalue weighted by molar-refractivity contribution is 8.18. The number of aliphatic imine (C=N–C) groups is 1. The fourth-order valence-corrected chi connectivity index (χ4v) is 4.30. The van der Waals surface area contributed by atoms with Crippen molar-refractivity contribution in [2.45, 2.75) is 20.5 Å². The van der Waals surface area contributed by atoms with Crippen LogP contribution >= 0.6 is 23.4 Å². The molecule has 1 N–H and O–H groups in total. The van der Waals surface area contributed by atoms with Gasteiger partial charge in [-0.3, -0.25) is 4.79 Å². The third-order valence-corrected chi connectivity index (χ3v) is 6.15. The molecule has 0 saturated carbocycles. The summed E-state index contributed by atoms with van der Waals surface area (Å²) in [5, 5.41) is 3.92. The van der Waals surface area contributed by atoms with Crippen LogP contribution in [0.25, 0.3) is 6.08 Å². The molecule has 4 rings (SSSR count). The monoisotopic (exact) mass is 478 g/mol. The topological polar surface area (TPSA) is 59.9 Å². The Kier molecular flexibility index (Phi) is 7.06. The number of amides is 1. The molecule has 0 aromatic heterocycles. The molecule has 0 unspecified atom stereocenters. The van der Waals surface area contributed by atoms with Gasteiger partial charge in [-0.05, 0) is 72.6 Å². The van der Waals surface area contributed by atoms with Gasteiger partial charge in [0, 0.05) is 5.02 Å². The standard InChI is InChI=1S/C26H23ClN2O3S/c1-16-5-4-6-19(11-16)15-32-22-10-8-18(12-23(22)31-3)13-24-25(30)29-26(33-24)28-21-14-20(27)9-7-17(21)2/h4-14H,15H2,1-3H3,(H,28,29,30)/b24-13-. The lowest BCUT2D eigenvalue weighted by atomic mass is 10.1. The van der Waals surface area contributed by atoms with Gasteiger partial charge in [0.15, 0.2) is 16.7 Å². The Hall–Kier alpha value is -3.22. The maximum atomic E-state index is 12.5. The van der Waals surface area contributed by atoms with Crippen molar-refractivity contribution in [3.63, 3.8) is 0 Å². The van der Waals surface area contributed by atoms with Crippen molar-refractivity contribution in [3.05, 3.63) is 92.8 Å². The van der Waals surface area contributed by atoms with Gasteiger partial charge in [-0.1, -0.05) is 53.6 Å². The normalized spacial score (nSPS) is 15.7. The third kappa shape index (κ3) is 5.78. The van der Waals surface area contributed by atoms with E-state index in [1.54, 1.807) is 19.3 Å². The first-order chi connectivity index (χ1) is 15.9. The number of carbonyl (C=O) groups is 1. The van der Waals surface area contributed by atoms with Gasteiger partial charge in [-0.25, -0.2) is 4.99 Å². The van der Waals surface area contributed by atoms with E-state index in [9.17, 15) is 4.79 Å². The van der Waals surface area contributed by atoms with E-state index in [1.165, 1.54) is 17.3 Å². The third-order valence-electron chi connectivity index (χ3n) is 5.01. The highest BCUT2D eigenvalue weighted by atomic mass is 35.5. The first-order valence-electron chi connectivity index (χ1n) is 10.3. The van der Waals surface area contributed by atoms with E-state index in [4.69, 9.17) is 21.1 Å². The Balaban J connectivity index is 1.50. The molecule has 0 aliphatic carbocycles. The molecule has 1 heterocycles. The number of rotatable bonds is 6. The predicted molar refractivity (Wildman–Crippen MR) is 135 cm³/mol. The fourth-order valence-electron chi connectivity index (χ4n) is 3.30. The smallest absolute Gasteiger partial charge is 0.264 e. The molecule has 0 spiro atoms. The molecule has 1 fully saturated rings. The Bertz CT molecular complexity index is 1270. The van der Waals surface area contributed by atoms with Crippen LogP contribution < -0.4 is 14.8 Å². The van der Waals surface area contributed by atoms with Crippen molar-refractivity contribution < 1.29 is 14.3 Å². The fraction of sp³-hybridized carbons (Fsp3) is 0.154. The zero-order valence-corrected chi connectivity index (χ0v) is 20.1. The lowest BCUT2D eigenvalue weighted by Gasteiger charge is -2.12. The molecule has 1 aliphatic heterocycles. The first-order valence-corrected chi connectivity index (χ1v) is 11.5. The largest absolute Gasteiger partial charge is 0.493 e. The number of benzene rings is 3. The SMILES string of the molecule is COc1cc(/C=C2\SC(=Nc3cc(Cl)ccc3C)NC2=O)ccc1OCc1cccc(C)c1. The van der Waals surface area contributed by atoms with Gasteiger partial charge < -0.3 is 14.8 Å². The highest BCUT2D eigenvalue weighted by Crippen LogP contribution is 2.33. The van der Waals surface area contributed by atoms with E-state index in [0.29, 0.717) is 33.2 Å². The molecule has 3 aromatic carbocycles. The second-order valence-electron chi connectivity index (χ2n) is 7.60. The first kappa shape index (κ1) is 23.0. The Morgan fingerprint density at radius 2 is 1.91 bits per heavy atom. The van der Waals surface area contributed by atoms with Crippen molar-refractivity contribution in [1.82, 2.24) is 5.32 Å². The molecule has 0 atom stereocenters. The molecular weight excluding hydrogens is 456 g/mol. The number of aryl methyl sites for hydroxylation is 2. The van der Waals surface area contributed by atoms with E-state index in [2.05, 4.69) is 29.4 Å². The van der Waals surface area contributed by atoms with Crippen LogP contribution in [0.15, 0.2) is 70.6 Å². The molecular formula is C26H23ClN2O3S. The van der Waals surface area contributed by atoms with Crippen LogP contribution in [0.2, 0.25) is 5.02 Å². The van der Waals surface area contributed by atoms with Crippen LogP contribution in [0.1, 0.15) is 22.3 Å². The minimum absolute atomic E-state index is 0.197. The van der Waals surface area contributed by atoms with Gasteiger partial charge in [0.1, 0.15) is 6.61 Å². The molecule has 168 valence electrons. The van der Waals surface area contributed by atoms with E-state index in [-0.39, 0.29) is 5.91 Å². The summed E-state index contributed by atoms with van der Waals surface area (Å²) in [4.78, 5) is 17.6. The zero-order valence-electron chi connectivity index (χ0n) is 18.5. The second-order valence-corrected chi connectivity index (χ2v) is 9.07. The van der Waals surface area contributed by atoms with Gasteiger partial charge in [0.05, 0.1) is 17.7 Å².